The number of rotatable bonds is 12. The lowest BCUT2D eigenvalue weighted by Gasteiger charge is -2.12. The minimum absolute atomic E-state index is 0.0248. The van der Waals surface area contributed by atoms with Crippen LogP contribution in [0, 0.1) is 6.92 Å². The van der Waals surface area contributed by atoms with Crippen LogP contribution < -0.4 is 14.2 Å². The molecule has 0 saturated heterocycles. The molecule has 9 heteroatoms. The molecule has 0 unspecified atom stereocenters. The molecule has 40 heavy (non-hydrogen) atoms. The number of nitrogens with zero attached hydrogens (tertiary/aromatic N) is 3. The molecule has 0 radical (unpaired) electrons. The fraction of sp³-hybridized carbons (Fsp3) is 0.194. The van der Waals surface area contributed by atoms with Crippen molar-refractivity contribution < 1.29 is 27.8 Å². The Morgan fingerprint density at radius 2 is 1.88 bits per heavy atom. The summed E-state index contributed by atoms with van der Waals surface area (Å²) in [6.07, 6.45) is 7.11. The van der Waals surface area contributed by atoms with E-state index in [1.807, 2.05) is 68.6 Å². The minimum Gasteiger partial charge on any atom is -0.493 e. The van der Waals surface area contributed by atoms with Crippen LogP contribution in [0.2, 0.25) is 0 Å². The lowest BCUT2D eigenvalue weighted by molar-refractivity contribution is -0.114. The number of carbonyl (C=O) groups excluding carboxylic acids is 1. The van der Waals surface area contributed by atoms with Crippen molar-refractivity contribution in [3.05, 3.63) is 102 Å². The Balaban J connectivity index is 1.29. The first-order chi connectivity index (χ1) is 19.5. The molecule has 0 atom stereocenters. The van der Waals surface area contributed by atoms with Crippen molar-refractivity contribution in [1.29, 1.82) is 0 Å². The fourth-order valence-corrected chi connectivity index (χ4v) is 3.90. The molecule has 0 saturated carbocycles. The lowest BCUT2D eigenvalue weighted by Crippen LogP contribution is -2.02. The molecule has 0 N–H and O–H groups in total. The summed E-state index contributed by atoms with van der Waals surface area (Å²) in [5.41, 5.74) is 3.11. The van der Waals surface area contributed by atoms with Crippen LogP contribution in [0.25, 0.3) is 23.4 Å². The van der Waals surface area contributed by atoms with E-state index in [2.05, 4.69) is 10.1 Å². The second kappa shape index (κ2) is 12.2. The summed E-state index contributed by atoms with van der Waals surface area (Å²) in [7, 11) is 1.58. The van der Waals surface area contributed by atoms with E-state index >= 15 is 0 Å². The number of carbonyl (C=O) groups is 1. The molecule has 0 amide bonds. The van der Waals surface area contributed by atoms with Crippen LogP contribution >= 0.6 is 0 Å². The van der Waals surface area contributed by atoms with Crippen molar-refractivity contribution >= 4 is 11.9 Å². The first-order valence-corrected chi connectivity index (χ1v) is 12.8. The van der Waals surface area contributed by atoms with E-state index in [9.17, 15) is 4.79 Å². The van der Waals surface area contributed by atoms with Crippen molar-refractivity contribution in [3.8, 4) is 34.7 Å². The van der Waals surface area contributed by atoms with Crippen molar-refractivity contribution in [2.45, 2.75) is 33.5 Å². The monoisotopic (exact) mass is 539 g/mol. The number of hydrogen-bond acceptors (Lipinski definition) is 8. The highest BCUT2D eigenvalue weighted by atomic mass is 16.5. The standard InChI is InChI=1S/C31H29N3O6/c1-4-25(35)14-13-23-18-34(24-9-6-5-7-10-24)33-30(23)39-19-22-12-15-27(29(17-22)36-3)38-20-26-21(2)40-31(32-26)28-11-8-16-37-28/h5-18H,4,19-20H2,1-3H3/b14-13+. The number of ketones is 1. The van der Waals surface area contributed by atoms with E-state index in [1.54, 1.807) is 42.3 Å². The Morgan fingerprint density at radius 3 is 2.62 bits per heavy atom. The van der Waals surface area contributed by atoms with Gasteiger partial charge >= 0.3 is 0 Å². The Labute approximate surface area is 231 Å². The number of hydrogen-bond donors (Lipinski definition) is 0. The van der Waals surface area contributed by atoms with Gasteiger partial charge in [-0.15, -0.1) is 5.10 Å². The molecular formula is C31H29N3O6. The van der Waals surface area contributed by atoms with Crippen LogP contribution in [-0.2, 0) is 18.0 Å². The molecule has 204 valence electrons. The Bertz CT molecular complexity index is 1600. The summed E-state index contributed by atoms with van der Waals surface area (Å²) < 4.78 is 30.5. The van der Waals surface area contributed by atoms with E-state index in [-0.39, 0.29) is 19.0 Å². The normalized spacial score (nSPS) is 11.2. The maximum atomic E-state index is 11.9. The highest BCUT2D eigenvalue weighted by Gasteiger charge is 2.16. The molecule has 0 bridgehead atoms. The second-order valence-corrected chi connectivity index (χ2v) is 8.88. The third kappa shape index (κ3) is 6.15. The van der Waals surface area contributed by atoms with Crippen LogP contribution in [0.1, 0.15) is 35.9 Å². The highest BCUT2D eigenvalue weighted by Crippen LogP contribution is 2.31. The van der Waals surface area contributed by atoms with Gasteiger partial charge in [-0.25, -0.2) is 9.67 Å². The SMILES string of the molecule is CCC(=O)/C=C/c1cn(-c2ccccc2)nc1OCc1ccc(OCc2nc(-c3ccco3)oc2C)c(OC)c1. The quantitative estimate of drug-likeness (QED) is 0.164. The van der Waals surface area contributed by atoms with E-state index < -0.39 is 0 Å². The largest absolute Gasteiger partial charge is 0.493 e. The number of ether oxygens (including phenoxy) is 3. The topological polar surface area (TPSA) is 102 Å². The number of allylic oxidation sites excluding steroid dienone is 1. The number of para-hydroxylation sites is 1. The summed E-state index contributed by atoms with van der Waals surface area (Å²) in [5.74, 6) is 3.16. The summed E-state index contributed by atoms with van der Waals surface area (Å²) in [6, 6.07) is 18.8. The van der Waals surface area contributed by atoms with Gasteiger partial charge in [0.25, 0.3) is 5.89 Å². The third-order valence-electron chi connectivity index (χ3n) is 6.12. The van der Waals surface area contributed by atoms with Gasteiger partial charge in [0.15, 0.2) is 23.0 Å². The number of aromatic nitrogens is 3. The second-order valence-electron chi connectivity index (χ2n) is 8.88. The summed E-state index contributed by atoms with van der Waals surface area (Å²) in [5, 5.41) is 4.60. The number of methoxy groups -OCH3 is 1. The van der Waals surface area contributed by atoms with Gasteiger partial charge in [0.1, 0.15) is 24.7 Å². The third-order valence-corrected chi connectivity index (χ3v) is 6.12. The number of oxazole rings is 1. The van der Waals surface area contributed by atoms with E-state index in [0.29, 0.717) is 52.5 Å². The Hall–Kier alpha value is -5.05. The molecule has 3 heterocycles. The van der Waals surface area contributed by atoms with Crippen molar-refractivity contribution in [2.24, 2.45) is 0 Å². The van der Waals surface area contributed by atoms with Crippen LogP contribution in [-0.4, -0.2) is 27.7 Å². The summed E-state index contributed by atoms with van der Waals surface area (Å²) >= 11 is 0. The minimum atomic E-state index is 0.0248. The van der Waals surface area contributed by atoms with Gasteiger partial charge in [0.05, 0.1) is 24.6 Å². The molecule has 5 aromatic rings. The molecule has 2 aromatic carbocycles. The lowest BCUT2D eigenvalue weighted by atomic mass is 10.2. The molecular weight excluding hydrogens is 510 g/mol. The van der Waals surface area contributed by atoms with Gasteiger partial charge in [0.2, 0.25) is 5.88 Å². The van der Waals surface area contributed by atoms with Crippen molar-refractivity contribution in [3.63, 3.8) is 0 Å². The first-order valence-electron chi connectivity index (χ1n) is 12.8. The molecule has 0 aliphatic rings. The van der Waals surface area contributed by atoms with Gasteiger partial charge in [-0.3, -0.25) is 4.79 Å². The van der Waals surface area contributed by atoms with Gasteiger partial charge in [-0.2, -0.15) is 0 Å². The van der Waals surface area contributed by atoms with Gasteiger partial charge in [-0.05, 0) is 61.0 Å². The smallest absolute Gasteiger partial charge is 0.263 e. The Morgan fingerprint density at radius 1 is 1.02 bits per heavy atom. The average Bonchev–Trinajstić information content (AvgIpc) is 3.74. The Kier molecular flexibility index (Phi) is 8.10. The van der Waals surface area contributed by atoms with E-state index in [0.717, 1.165) is 11.3 Å². The fourth-order valence-electron chi connectivity index (χ4n) is 3.90. The maximum absolute atomic E-state index is 11.9. The first kappa shape index (κ1) is 26.6. The zero-order valence-electron chi connectivity index (χ0n) is 22.5. The van der Waals surface area contributed by atoms with E-state index in [1.165, 1.54) is 0 Å². The van der Waals surface area contributed by atoms with Crippen LogP contribution in [0.15, 0.2) is 88.0 Å². The number of aryl methyl sites for hydroxylation is 1. The predicted molar refractivity (Wildman–Crippen MR) is 148 cm³/mol. The number of furan rings is 1. The summed E-state index contributed by atoms with van der Waals surface area (Å²) in [4.78, 5) is 16.4. The molecule has 0 spiro atoms. The van der Waals surface area contributed by atoms with Gasteiger partial charge in [-0.1, -0.05) is 31.2 Å². The van der Waals surface area contributed by atoms with Crippen molar-refractivity contribution in [1.82, 2.24) is 14.8 Å². The average molecular weight is 540 g/mol. The van der Waals surface area contributed by atoms with Crippen molar-refractivity contribution in [2.75, 3.05) is 7.11 Å². The molecule has 0 fully saturated rings. The molecule has 9 nitrogen and oxygen atoms in total. The number of benzene rings is 2. The molecule has 0 aliphatic carbocycles. The molecule has 5 rings (SSSR count). The summed E-state index contributed by atoms with van der Waals surface area (Å²) in [6.45, 7) is 4.09. The van der Waals surface area contributed by atoms with Gasteiger partial charge < -0.3 is 23.0 Å². The maximum Gasteiger partial charge on any atom is 0.263 e. The van der Waals surface area contributed by atoms with Gasteiger partial charge in [0, 0.05) is 12.6 Å². The van der Waals surface area contributed by atoms with Crippen LogP contribution in [0.4, 0.5) is 0 Å². The molecule has 3 aromatic heterocycles. The molecule has 0 aliphatic heterocycles. The zero-order chi connectivity index (χ0) is 27.9. The highest BCUT2D eigenvalue weighted by molar-refractivity contribution is 5.93. The van der Waals surface area contributed by atoms with E-state index in [4.69, 9.17) is 23.0 Å². The van der Waals surface area contributed by atoms with Crippen LogP contribution in [0.3, 0.4) is 0 Å². The zero-order valence-corrected chi connectivity index (χ0v) is 22.5. The predicted octanol–water partition coefficient (Wildman–Crippen LogP) is 6.59. The van der Waals surface area contributed by atoms with Crippen LogP contribution in [0.5, 0.6) is 17.4 Å².